The summed E-state index contributed by atoms with van der Waals surface area (Å²) in [7, 11) is -4.39. The van der Waals surface area contributed by atoms with Crippen LogP contribution in [-0.4, -0.2) is 49.3 Å². The average molecular weight is 766 g/mol. The number of esters is 2. The van der Waals surface area contributed by atoms with Gasteiger partial charge in [0.2, 0.25) is 0 Å². The SMILES string of the molecule is CCCCC/C=C/C/C=C/C/C=C/CCCCCCC(=O)OC[C@H](COP(=O)(O)OCCN)OC(=O)CCCCCCC/C=C/C/C=C/CCCCC. The molecule has 0 rings (SSSR count). The fourth-order valence-corrected chi connectivity index (χ4v) is 6.02. The van der Waals surface area contributed by atoms with Gasteiger partial charge in [-0.25, -0.2) is 4.57 Å². The lowest BCUT2D eigenvalue weighted by Gasteiger charge is -2.19. The minimum absolute atomic E-state index is 0.0450. The summed E-state index contributed by atoms with van der Waals surface area (Å²) in [6.07, 6.45) is 45.3. The van der Waals surface area contributed by atoms with Crippen molar-refractivity contribution in [1.82, 2.24) is 0 Å². The second-order valence-corrected chi connectivity index (χ2v) is 14.9. The van der Waals surface area contributed by atoms with Gasteiger partial charge in [-0.1, -0.05) is 132 Å². The number of nitrogens with two attached hydrogens (primary N) is 1. The van der Waals surface area contributed by atoms with E-state index in [0.717, 1.165) is 77.0 Å². The van der Waals surface area contributed by atoms with E-state index in [1.54, 1.807) is 0 Å². The Balaban J connectivity index is 4.26. The van der Waals surface area contributed by atoms with Crippen LogP contribution < -0.4 is 5.73 Å². The van der Waals surface area contributed by atoms with Crippen LogP contribution in [-0.2, 0) is 32.7 Å². The number of ether oxygens (including phenoxy) is 2. The lowest BCUT2D eigenvalue weighted by Crippen LogP contribution is -2.29. The lowest BCUT2D eigenvalue weighted by molar-refractivity contribution is -0.161. The van der Waals surface area contributed by atoms with Gasteiger partial charge >= 0.3 is 19.8 Å². The van der Waals surface area contributed by atoms with E-state index in [2.05, 4.69) is 74.6 Å². The Morgan fingerprint density at radius 3 is 1.45 bits per heavy atom. The molecule has 1 unspecified atom stereocenters. The number of unbranched alkanes of at least 4 members (excludes halogenated alkanes) is 15. The Labute approximate surface area is 323 Å². The van der Waals surface area contributed by atoms with Crippen molar-refractivity contribution in [1.29, 1.82) is 0 Å². The molecule has 0 bridgehead atoms. The number of allylic oxidation sites excluding steroid dienone is 10. The van der Waals surface area contributed by atoms with Crippen molar-refractivity contribution >= 4 is 19.8 Å². The number of rotatable bonds is 38. The van der Waals surface area contributed by atoms with E-state index in [4.69, 9.17) is 24.3 Å². The Morgan fingerprint density at radius 1 is 0.566 bits per heavy atom. The van der Waals surface area contributed by atoms with Crippen LogP contribution in [0.3, 0.4) is 0 Å². The fourth-order valence-electron chi connectivity index (χ4n) is 5.26. The van der Waals surface area contributed by atoms with E-state index in [0.29, 0.717) is 12.8 Å². The zero-order valence-corrected chi connectivity index (χ0v) is 34.4. The molecular weight excluding hydrogens is 689 g/mol. The van der Waals surface area contributed by atoms with Gasteiger partial charge in [-0.3, -0.25) is 18.6 Å². The molecule has 0 radical (unpaired) electrons. The smallest absolute Gasteiger partial charge is 0.462 e. The van der Waals surface area contributed by atoms with Gasteiger partial charge in [0.1, 0.15) is 6.61 Å². The third kappa shape index (κ3) is 39.2. The summed E-state index contributed by atoms with van der Waals surface area (Å²) in [5.41, 5.74) is 5.34. The maximum atomic E-state index is 12.6. The molecule has 0 aliphatic heterocycles. The van der Waals surface area contributed by atoms with E-state index < -0.39 is 32.5 Å². The molecule has 0 aromatic rings. The van der Waals surface area contributed by atoms with E-state index in [-0.39, 0.29) is 32.6 Å². The van der Waals surface area contributed by atoms with Crippen molar-refractivity contribution in [2.24, 2.45) is 5.73 Å². The number of hydrogen-bond donors (Lipinski definition) is 2. The van der Waals surface area contributed by atoms with Gasteiger partial charge in [0.15, 0.2) is 6.10 Å². The summed E-state index contributed by atoms with van der Waals surface area (Å²) < 4.78 is 32.7. The molecule has 3 N–H and O–H groups in total. The van der Waals surface area contributed by atoms with Crippen LogP contribution in [0.25, 0.3) is 0 Å². The van der Waals surface area contributed by atoms with Crippen molar-refractivity contribution in [2.45, 2.75) is 174 Å². The molecule has 0 spiro atoms. The zero-order chi connectivity index (χ0) is 38.9. The molecule has 10 heteroatoms. The second-order valence-electron chi connectivity index (χ2n) is 13.5. The van der Waals surface area contributed by atoms with Crippen LogP contribution in [0.1, 0.15) is 168 Å². The molecule has 306 valence electrons. The van der Waals surface area contributed by atoms with Crippen LogP contribution in [0.5, 0.6) is 0 Å². The van der Waals surface area contributed by atoms with Gasteiger partial charge in [0.25, 0.3) is 0 Å². The number of hydrogen-bond acceptors (Lipinski definition) is 8. The van der Waals surface area contributed by atoms with Crippen LogP contribution in [0.15, 0.2) is 60.8 Å². The van der Waals surface area contributed by atoms with Crippen molar-refractivity contribution in [3.63, 3.8) is 0 Å². The summed E-state index contributed by atoms with van der Waals surface area (Å²) in [6.45, 7) is 3.62. The summed E-state index contributed by atoms with van der Waals surface area (Å²) in [5.74, 6) is -0.875. The summed E-state index contributed by atoms with van der Waals surface area (Å²) >= 11 is 0. The molecule has 0 saturated carbocycles. The standard InChI is InChI=1S/C43H76NO8P/c1-3-5-7-9-11-13-15-17-19-20-22-23-25-27-29-31-33-35-42(45)49-39-41(40-51-53(47,48)50-38-37-44)52-43(46)36-34-32-30-28-26-24-21-18-16-14-12-10-8-6-4-2/h11-14,17-19,21-23,41H,3-10,15-16,20,24-40,44H2,1-2H3,(H,47,48)/b13-11+,14-12+,19-17+,21-18+,23-22+/t41-/m1/s1. The molecule has 9 nitrogen and oxygen atoms in total. The first-order valence-corrected chi connectivity index (χ1v) is 22.3. The van der Waals surface area contributed by atoms with Crippen LogP contribution in [0, 0.1) is 0 Å². The Hall–Kier alpha value is -2.29. The highest BCUT2D eigenvalue weighted by molar-refractivity contribution is 7.47. The van der Waals surface area contributed by atoms with Crippen LogP contribution in [0.4, 0.5) is 0 Å². The van der Waals surface area contributed by atoms with Gasteiger partial charge in [-0.05, 0) is 83.5 Å². The molecule has 0 aliphatic carbocycles. The molecule has 53 heavy (non-hydrogen) atoms. The number of carbonyl (C=O) groups excluding carboxylic acids is 2. The highest BCUT2D eigenvalue weighted by atomic mass is 31.2. The fraction of sp³-hybridized carbons (Fsp3) is 0.721. The Bertz CT molecular complexity index is 1050. The Morgan fingerprint density at radius 2 is 0.981 bits per heavy atom. The molecule has 0 heterocycles. The topological polar surface area (TPSA) is 134 Å². The molecule has 0 fully saturated rings. The monoisotopic (exact) mass is 766 g/mol. The Kier molecular flexibility index (Phi) is 37.7. The van der Waals surface area contributed by atoms with E-state index in [1.807, 2.05) is 0 Å². The third-order valence-corrected chi connectivity index (χ3v) is 9.36. The molecule has 0 amide bonds. The maximum Gasteiger partial charge on any atom is 0.472 e. The normalized spacial score (nSPS) is 14.0. The molecule has 0 saturated heterocycles. The predicted octanol–water partition coefficient (Wildman–Crippen LogP) is 11.7. The highest BCUT2D eigenvalue weighted by Crippen LogP contribution is 2.43. The number of carbonyl (C=O) groups is 2. The molecule has 0 aromatic carbocycles. The number of phosphoric acid groups is 1. The van der Waals surface area contributed by atoms with Crippen molar-refractivity contribution in [2.75, 3.05) is 26.4 Å². The molecule has 2 atom stereocenters. The van der Waals surface area contributed by atoms with E-state index in [9.17, 15) is 19.0 Å². The first-order valence-electron chi connectivity index (χ1n) is 20.8. The highest BCUT2D eigenvalue weighted by Gasteiger charge is 2.25. The third-order valence-electron chi connectivity index (χ3n) is 8.38. The second kappa shape index (κ2) is 39.4. The van der Waals surface area contributed by atoms with E-state index in [1.165, 1.54) is 51.4 Å². The van der Waals surface area contributed by atoms with Gasteiger partial charge < -0.3 is 20.1 Å². The summed E-state index contributed by atoms with van der Waals surface area (Å²) in [6, 6.07) is 0. The molecular formula is C43H76NO8P. The minimum Gasteiger partial charge on any atom is -0.462 e. The van der Waals surface area contributed by atoms with Crippen molar-refractivity contribution in [3.05, 3.63) is 60.8 Å². The van der Waals surface area contributed by atoms with Gasteiger partial charge in [-0.2, -0.15) is 0 Å². The van der Waals surface area contributed by atoms with Crippen molar-refractivity contribution < 1.29 is 37.6 Å². The van der Waals surface area contributed by atoms with Crippen LogP contribution >= 0.6 is 7.82 Å². The average Bonchev–Trinajstić information content (AvgIpc) is 3.14. The minimum atomic E-state index is -4.39. The van der Waals surface area contributed by atoms with Gasteiger partial charge in [0.05, 0.1) is 13.2 Å². The van der Waals surface area contributed by atoms with Crippen molar-refractivity contribution in [3.8, 4) is 0 Å². The van der Waals surface area contributed by atoms with Gasteiger partial charge in [0, 0.05) is 19.4 Å². The lowest BCUT2D eigenvalue weighted by atomic mass is 10.1. The van der Waals surface area contributed by atoms with E-state index >= 15 is 0 Å². The molecule has 0 aromatic heterocycles. The molecule has 0 aliphatic rings. The summed E-state index contributed by atoms with van der Waals surface area (Å²) in [4.78, 5) is 34.8. The number of phosphoric ester groups is 1. The first-order chi connectivity index (χ1) is 25.8. The van der Waals surface area contributed by atoms with Gasteiger partial charge in [-0.15, -0.1) is 0 Å². The quantitative estimate of drug-likeness (QED) is 0.0272. The predicted molar refractivity (Wildman–Crippen MR) is 219 cm³/mol. The van der Waals surface area contributed by atoms with Crippen LogP contribution in [0.2, 0.25) is 0 Å². The maximum absolute atomic E-state index is 12.6. The largest absolute Gasteiger partial charge is 0.472 e. The first kappa shape index (κ1) is 50.7. The zero-order valence-electron chi connectivity index (χ0n) is 33.5. The summed E-state index contributed by atoms with van der Waals surface area (Å²) in [5, 5.41) is 0.